The minimum atomic E-state index is -0.460. The van der Waals surface area contributed by atoms with E-state index in [0.29, 0.717) is 0 Å². The van der Waals surface area contributed by atoms with Gasteiger partial charge in [0.1, 0.15) is 6.61 Å². The van der Waals surface area contributed by atoms with Crippen LogP contribution < -0.4 is 10.6 Å². The van der Waals surface area contributed by atoms with Crippen molar-refractivity contribution in [1.29, 1.82) is 0 Å². The Balaban J connectivity index is 1.27. The quantitative estimate of drug-likeness (QED) is 0.275. The number of rotatable bonds is 8. The number of hydrogen-bond donors (Lipinski definition) is 2. The zero-order chi connectivity index (χ0) is 25.8. The van der Waals surface area contributed by atoms with Crippen LogP contribution in [0.25, 0.3) is 10.8 Å². The summed E-state index contributed by atoms with van der Waals surface area (Å²) in [5.41, 5.74) is 2.46. The molecule has 4 aromatic carbocycles. The van der Waals surface area contributed by atoms with Gasteiger partial charge in [-0.3, -0.25) is 4.79 Å². The fraction of sp³-hybridized carbons (Fsp3) is 0.250. The van der Waals surface area contributed by atoms with Gasteiger partial charge in [0.2, 0.25) is 5.91 Å². The summed E-state index contributed by atoms with van der Waals surface area (Å²) in [6, 6.07) is 33.3. The molecular weight excluding hydrogens is 460 g/mol. The predicted octanol–water partition coefficient (Wildman–Crippen LogP) is 7.11. The summed E-state index contributed by atoms with van der Waals surface area (Å²) < 4.78 is 5.53. The highest BCUT2D eigenvalue weighted by atomic mass is 16.5. The van der Waals surface area contributed by atoms with Crippen LogP contribution in [-0.2, 0) is 16.1 Å². The van der Waals surface area contributed by atoms with Crippen LogP contribution in [0.1, 0.15) is 37.4 Å². The zero-order valence-electron chi connectivity index (χ0n) is 21.2. The molecule has 4 aromatic rings. The van der Waals surface area contributed by atoms with E-state index in [1.54, 1.807) is 0 Å². The number of hydrogen-bond acceptors (Lipinski definition) is 3. The molecule has 0 aliphatic heterocycles. The molecule has 0 spiro atoms. The van der Waals surface area contributed by atoms with Crippen LogP contribution in [0, 0.1) is 17.3 Å². The maximum atomic E-state index is 13.2. The molecule has 0 bridgehead atoms. The number of alkyl carbamates (subject to hydrolysis) is 1. The van der Waals surface area contributed by atoms with Crippen molar-refractivity contribution >= 4 is 28.5 Å². The standard InChI is InChI=1S/C32H32N2O3/c1-22(30(35)33-27-18-17-24-13-9-10-16-26(24)19-27)28-20-32(28,2)29(25-14-7-4-8-15-25)34-31(36)37-21-23-11-5-3-6-12-23/h3-19,22,28-29H,20-21H2,1-2H3,(H,33,35)(H,34,36)/t22?,28?,29?,32-/m1/s1. The molecule has 1 saturated carbocycles. The highest BCUT2D eigenvalue weighted by Gasteiger charge is 2.59. The summed E-state index contributed by atoms with van der Waals surface area (Å²) in [5, 5.41) is 8.43. The predicted molar refractivity (Wildman–Crippen MR) is 147 cm³/mol. The van der Waals surface area contributed by atoms with Crippen molar-refractivity contribution in [2.24, 2.45) is 17.3 Å². The molecule has 5 heteroatoms. The fourth-order valence-corrected chi connectivity index (χ4v) is 5.36. The molecule has 188 valence electrons. The summed E-state index contributed by atoms with van der Waals surface area (Å²) in [6.45, 7) is 4.33. The highest BCUT2D eigenvalue weighted by Crippen LogP contribution is 2.63. The van der Waals surface area contributed by atoms with Crippen LogP contribution in [0.4, 0.5) is 10.5 Å². The van der Waals surface area contributed by atoms with Gasteiger partial charge in [0.15, 0.2) is 0 Å². The molecule has 2 N–H and O–H groups in total. The number of ether oxygens (including phenoxy) is 1. The first kappa shape index (κ1) is 24.6. The molecule has 0 radical (unpaired) electrons. The summed E-state index contributed by atoms with van der Waals surface area (Å²) >= 11 is 0. The molecule has 0 heterocycles. The van der Waals surface area contributed by atoms with E-state index in [2.05, 4.69) is 23.6 Å². The van der Waals surface area contributed by atoms with E-state index in [1.807, 2.05) is 104 Å². The van der Waals surface area contributed by atoms with Crippen molar-refractivity contribution in [3.8, 4) is 0 Å². The molecule has 5 rings (SSSR count). The first-order valence-electron chi connectivity index (χ1n) is 12.8. The second-order valence-corrected chi connectivity index (χ2v) is 10.2. The molecule has 1 aliphatic rings. The van der Waals surface area contributed by atoms with Gasteiger partial charge < -0.3 is 15.4 Å². The number of fused-ring (bicyclic) bond motifs is 1. The molecular formula is C32H32N2O3. The molecule has 0 saturated heterocycles. The number of nitrogens with one attached hydrogen (secondary N) is 2. The van der Waals surface area contributed by atoms with Gasteiger partial charge in [-0.1, -0.05) is 105 Å². The molecule has 0 aromatic heterocycles. The monoisotopic (exact) mass is 492 g/mol. The van der Waals surface area contributed by atoms with Gasteiger partial charge >= 0.3 is 6.09 Å². The Morgan fingerprint density at radius 2 is 1.54 bits per heavy atom. The van der Waals surface area contributed by atoms with Crippen LogP contribution >= 0.6 is 0 Å². The first-order valence-corrected chi connectivity index (χ1v) is 12.8. The van der Waals surface area contributed by atoms with Gasteiger partial charge in [0.05, 0.1) is 6.04 Å². The van der Waals surface area contributed by atoms with Crippen LogP contribution in [0.5, 0.6) is 0 Å². The van der Waals surface area contributed by atoms with Crippen molar-refractivity contribution in [1.82, 2.24) is 5.32 Å². The van der Waals surface area contributed by atoms with E-state index in [1.165, 1.54) is 0 Å². The number of amides is 2. The van der Waals surface area contributed by atoms with E-state index in [-0.39, 0.29) is 35.8 Å². The SMILES string of the molecule is CC(C(=O)Nc1ccc2ccccc2c1)C1C[C@@]1(C)C(NC(=O)OCc1ccccc1)c1ccccc1. The maximum absolute atomic E-state index is 13.2. The third kappa shape index (κ3) is 5.51. The van der Waals surface area contributed by atoms with Crippen LogP contribution in [0.2, 0.25) is 0 Å². The molecule has 2 amide bonds. The van der Waals surface area contributed by atoms with E-state index >= 15 is 0 Å². The van der Waals surface area contributed by atoms with Gasteiger partial charge in [-0.25, -0.2) is 4.79 Å². The Morgan fingerprint density at radius 3 is 2.27 bits per heavy atom. The first-order chi connectivity index (χ1) is 17.9. The Kier molecular flexibility index (Phi) is 6.95. The fourth-order valence-electron chi connectivity index (χ4n) is 5.36. The Hall–Kier alpha value is -4.12. The van der Waals surface area contributed by atoms with Crippen molar-refractivity contribution in [2.75, 3.05) is 5.32 Å². The van der Waals surface area contributed by atoms with Gasteiger partial charge in [0, 0.05) is 11.6 Å². The van der Waals surface area contributed by atoms with Crippen molar-refractivity contribution < 1.29 is 14.3 Å². The minimum absolute atomic E-state index is 0.0116. The lowest BCUT2D eigenvalue weighted by Crippen LogP contribution is -2.36. The van der Waals surface area contributed by atoms with Gasteiger partial charge in [-0.05, 0) is 51.8 Å². The van der Waals surface area contributed by atoms with Crippen molar-refractivity contribution in [3.05, 3.63) is 114 Å². The second-order valence-electron chi connectivity index (χ2n) is 10.2. The molecule has 4 atom stereocenters. The summed E-state index contributed by atoms with van der Waals surface area (Å²) in [7, 11) is 0. The number of anilines is 1. The van der Waals surface area contributed by atoms with Gasteiger partial charge in [-0.15, -0.1) is 0 Å². The molecule has 37 heavy (non-hydrogen) atoms. The van der Waals surface area contributed by atoms with E-state index in [0.717, 1.165) is 34.0 Å². The number of carbonyl (C=O) groups is 2. The van der Waals surface area contributed by atoms with Crippen LogP contribution in [0.15, 0.2) is 103 Å². The van der Waals surface area contributed by atoms with E-state index in [4.69, 9.17) is 4.74 Å². The smallest absolute Gasteiger partial charge is 0.407 e. The van der Waals surface area contributed by atoms with Crippen molar-refractivity contribution in [3.63, 3.8) is 0 Å². The third-order valence-electron chi connectivity index (χ3n) is 7.65. The molecule has 3 unspecified atom stereocenters. The highest BCUT2D eigenvalue weighted by molar-refractivity contribution is 5.95. The van der Waals surface area contributed by atoms with Gasteiger partial charge in [-0.2, -0.15) is 0 Å². The summed E-state index contributed by atoms with van der Waals surface area (Å²) in [4.78, 5) is 26.1. The lowest BCUT2D eigenvalue weighted by atomic mass is 9.86. The lowest BCUT2D eigenvalue weighted by molar-refractivity contribution is -0.120. The minimum Gasteiger partial charge on any atom is -0.445 e. The van der Waals surface area contributed by atoms with E-state index in [9.17, 15) is 9.59 Å². The Labute approximate surface area is 217 Å². The number of benzene rings is 4. The lowest BCUT2D eigenvalue weighted by Gasteiger charge is -2.28. The second kappa shape index (κ2) is 10.5. The average Bonchev–Trinajstić information content (AvgIpc) is 3.63. The normalized spacial score (nSPS) is 20.0. The topological polar surface area (TPSA) is 67.4 Å². The Morgan fingerprint density at radius 1 is 0.892 bits per heavy atom. The zero-order valence-corrected chi connectivity index (χ0v) is 21.2. The van der Waals surface area contributed by atoms with Crippen LogP contribution in [-0.4, -0.2) is 12.0 Å². The Bertz CT molecular complexity index is 1390. The number of carbonyl (C=O) groups excluding carboxylic acids is 2. The van der Waals surface area contributed by atoms with Crippen LogP contribution in [0.3, 0.4) is 0 Å². The maximum Gasteiger partial charge on any atom is 0.407 e. The summed E-state index contributed by atoms with van der Waals surface area (Å²) in [5.74, 6) is -0.111. The largest absolute Gasteiger partial charge is 0.445 e. The van der Waals surface area contributed by atoms with Gasteiger partial charge in [0.25, 0.3) is 0 Å². The summed E-state index contributed by atoms with van der Waals surface area (Å²) in [6.07, 6.45) is 0.371. The molecule has 1 aliphatic carbocycles. The molecule has 1 fully saturated rings. The van der Waals surface area contributed by atoms with E-state index < -0.39 is 6.09 Å². The third-order valence-corrected chi connectivity index (χ3v) is 7.65. The molecule has 5 nitrogen and oxygen atoms in total. The average molecular weight is 493 g/mol. The van der Waals surface area contributed by atoms with Crippen molar-refractivity contribution in [2.45, 2.75) is 32.9 Å².